The van der Waals surface area contributed by atoms with E-state index in [9.17, 15) is 0 Å². The zero-order chi connectivity index (χ0) is 19.5. The van der Waals surface area contributed by atoms with Crippen LogP contribution in [-0.4, -0.2) is 27.0 Å². The molecule has 4 heterocycles. The summed E-state index contributed by atoms with van der Waals surface area (Å²) in [4.78, 5) is 16.1. The van der Waals surface area contributed by atoms with E-state index in [1.807, 2.05) is 30.5 Å². The lowest BCUT2D eigenvalue weighted by molar-refractivity contribution is 0.413. The Morgan fingerprint density at radius 2 is 1.96 bits per heavy atom. The molecule has 0 atom stereocenters. The number of halogens is 2. The number of H-pyrrole nitrogens is 1. The van der Waals surface area contributed by atoms with Crippen LogP contribution in [0.1, 0.15) is 16.7 Å². The normalized spacial score (nSPS) is 11.0. The number of pyridine rings is 3. The molecule has 0 saturated heterocycles. The first-order valence-corrected chi connectivity index (χ1v) is 9.37. The molecule has 0 aliphatic carbocycles. The van der Waals surface area contributed by atoms with E-state index < -0.39 is 0 Å². The van der Waals surface area contributed by atoms with Gasteiger partial charge in [-0.1, -0.05) is 35.3 Å². The second-order valence-corrected chi connectivity index (χ2v) is 7.00. The van der Waals surface area contributed by atoms with Gasteiger partial charge in [0.2, 0.25) is 0 Å². The van der Waals surface area contributed by atoms with Crippen LogP contribution in [0.5, 0.6) is 5.75 Å². The van der Waals surface area contributed by atoms with E-state index in [0.29, 0.717) is 34.8 Å². The highest BCUT2D eigenvalue weighted by Gasteiger charge is 2.11. The summed E-state index contributed by atoms with van der Waals surface area (Å²) in [6.45, 7) is 0.584. The fraction of sp³-hybridized carbons (Fsp3) is 0.150. The molecule has 4 aromatic rings. The molecule has 0 saturated carbocycles. The lowest BCUT2D eigenvalue weighted by Crippen LogP contribution is -2.03. The van der Waals surface area contributed by atoms with E-state index in [0.717, 1.165) is 27.7 Å². The van der Waals surface area contributed by atoms with Gasteiger partial charge in [0.25, 0.3) is 0 Å². The number of methoxy groups -OCH3 is 1. The average Bonchev–Trinajstić information content (AvgIpc) is 3.11. The number of aromatic nitrogens is 4. The molecule has 0 aliphatic heterocycles. The average molecular weight is 414 g/mol. The molecule has 142 valence electrons. The molecule has 28 heavy (non-hydrogen) atoms. The first-order chi connectivity index (χ1) is 13.6. The number of nitrogens with one attached hydrogen (secondary N) is 2. The van der Waals surface area contributed by atoms with Gasteiger partial charge in [0.1, 0.15) is 27.5 Å². The zero-order valence-corrected chi connectivity index (χ0v) is 16.6. The smallest absolute Gasteiger partial charge is 0.137 e. The fourth-order valence-electron chi connectivity index (χ4n) is 2.90. The zero-order valence-electron chi connectivity index (χ0n) is 15.0. The van der Waals surface area contributed by atoms with Gasteiger partial charge in [-0.3, -0.25) is 0 Å². The van der Waals surface area contributed by atoms with Crippen molar-refractivity contribution in [3.05, 3.63) is 75.9 Å². The number of aromatic amines is 1. The molecule has 0 radical (unpaired) electrons. The van der Waals surface area contributed by atoms with Crippen LogP contribution in [-0.2, 0) is 13.0 Å². The van der Waals surface area contributed by atoms with Gasteiger partial charge >= 0.3 is 0 Å². The number of nitrogens with zero attached hydrogens (tertiary/aromatic N) is 3. The summed E-state index contributed by atoms with van der Waals surface area (Å²) in [5.74, 6) is 1.42. The quantitative estimate of drug-likeness (QED) is 0.440. The van der Waals surface area contributed by atoms with Gasteiger partial charge in [0.05, 0.1) is 13.3 Å². The number of fused-ring (bicyclic) bond motifs is 1. The van der Waals surface area contributed by atoms with Crippen molar-refractivity contribution < 1.29 is 4.74 Å². The van der Waals surface area contributed by atoms with Gasteiger partial charge in [-0.25, -0.2) is 15.0 Å². The predicted octanol–water partition coefficient (Wildman–Crippen LogP) is 4.87. The maximum Gasteiger partial charge on any atom is 0.137 e. The van der Waals surface area contributed by atoms with Gasteiger partial charge in [-0.2, -0.15) is 0 Å². The van der Waals surface area contributed by atoms with Crippen LogP contribution in [0.15, 0.2) is 48.9 Å². The molecule has 0 amide bonds. The summed E-state index contributed by atoms with van der Waals surface area (Å²) in [5, 5.41) is 5.18. The number of rotatable bonds is 6. The summed E-state index contributed by atoms with van der Waals surface area (Å²) in [6, 6.07) is 9.53. The van der Waals surface area contributed by atoms with E-state index >= 15 is 0 Å². The Kier molecular flexibility index (Phi) is 5.32. The minimum Gasteiger partial charge on any atom is -0.495 e. The molecule has 0 aromatic carbocycles. The third-order valence-corrected chi connectivity index (χ3v) is 4.95. The van der Waals surface area contributed by atoms with Crippen molar-refractivity contribution in [1.29, 1.82) is 0 Å². The highest BCUT2D eigenvalue weighted by Crippen LogP contribution is 2.26. The first kappa shape index (κ1) is 18.5. The van der Waals surface area contributed by atoms with E-state index in [1.165, 1.54) is 0 Å². The molecule has 6 nitrogen and oxygen atoms in total. The molecular formula is C20H17Cl2N5O. The lowest BCUT2D eigenvalue weighted by atomic mass is 10.1. The van der Waals surface area contributed by atoms with Crippen LogP contribution in [0.4, 0.5) is 5.82 Å². The molecular weight excluding hydrogens is 397 g/mol. The van der Waals surface area contributed by atoms with Gasteiger partial charge < -0.3 is 15.0 Å². The minimum atomic E-state index is 0.462. The van der Waals surface area contributed by atoms with Crippen molar-refractivity contribution in [2.75, 3.05) is 12.4 Å². The van der Waals surface area contributed by atoms with Crippen molar-refractivity contribution in [2.24, 2.45) is 0 Å². The Balaban J connectivity index is 1.49. The maximum absolute atomic E-state index is 6.43. The molecule has 0 spiro atoms. The summed E-state index contributed by atoms with van der Waals surface area (Å²) in [6.07, 6.45) is 5.99. The Hall–Kier alpha value is -2.83. The highest BCUT2D eigenvalue weighted by molar-refractivity contribution is 6.30. The van der Waals surface area contributed by atoms with Crippen LogP contribution in [0.25, 0.3) is 11.0 Å². The molecule has 8 heteroatoms. The van der Waals surface area contributed by atoms with Crippen molar-refractivity contribution in [1.82, 2.24) is 19.9 Å². The number of hydrogen-bond acceptors (Lipinski definition) is 5. The van der Waals surface area contributed by atoms with E-state index in [1.54, 1.807) is 25.6 Å². The van der Waals surface area contributed by atoms with Gasteiger partial charge in [0, 0.05) is 30.7 Å². The number of anilines is 1. The van der Waals surface area contributed by atoms with Crippen LogP contribution in [0, 0.1) is 0 Å². The van der Waals surface area contributed by atoms with E-state index in [-0.39, 0.29) is 0 Å². The van der Waals surface area contributed by atoms with Crippen molar-refractivity contribution in [3.63, 3.8) is 0 Å². The number of hydrogen-bond donors (Lipinski definition) is 2. The molecule has 0 unspecified atom stereocenters. The Morgan fingerprint density at radius 3 is 2.71 bits per heavy atom. The minimum absolute atomic E-state index is 0.462. The van der Waals surface area contributed by atoms with Gasteiger partial charge in [-0.05, 0) is 34.9 Å². The Bertz CT molecular complexity index is 1110. The lowest BCUT2D eigenvalue weighted by Gasteiger charge is -2.09. The second kappa shape index (κ2) is 8.04. The molecule has 4 rings (SSSR count). The summed E-state index contributed by atoms with van der Waals surface area (Å²) >= 11 is 12.2. The van der Waals surface area contributed by atoms with Gasteiger partial charge in [-0.15, -0.1) is 0 Å². The topological polar surface area (TPSA) is 75.7 Å². The largest absolute Gasteiger partial charge is 0.495 e. The molecule has 2 N–H and O–H groups in total. The van der Waals surface area contributed by atoms with Crippen LogP contribution in [0.3, 0.4) is 0 Å². The van der Waals surface area contributed by atoms with Crippen LogP contribution >= 0.6 is 23.2 Å². The molecule has 0 bridgehead atoms. The first-order valence-electron chi connectivity index (χ1n) is 8.62. The highest BCUT2D eigenvalue weighted by atomic mass is 35.5. The van der Waals surface area contributed by atoms with Crippen LogP contribution in [0.2, 0.25) is 10.3 Å². The SMILES string of the molecule is COc1cnc2[nH]cc(Cc3ccc(NCc4ccc(Cl)nc4)nc3Cl)c2c1. The van der Waals surface area contributed by atoms with Crippen molar-refractivity contribution >= 4 is 40.1 Å². The van der Waals surface area contributed by atoms with Crippen molar-refractivity contribution in [3.8, 4) is 5.75 Å². The van der Waals surface area contributed by atoms with E-state index in [2.05, 4.69) is 25.3 Å². The predicted molar refractivity (Wildman–Crippen MR) is 111 cm³/mol. The standard InChI is InChI=1S/C20H17Cl2N5O/c1-28-15-7-16-14(10-25-20(16)26-11-15)6-13-3-5-18(27-19(13)22)24-9-12-2-4-17(21)23-8-12/h2-5,7-8,10-11H,6,9H2,1H3,(H,24,27)(H,25,26). The second-order valence-electron chi connectivity index (χ2n) is 6.25. The monoisotopic (exact) mass is 413 g/mol. The fourth-order valence-corrected chi connectivity index (χ4v) is 3.23. The third kappa shape index (κ3) is 4.03. The summed E-state index contributed by atoms with van der Waals surface area (Å²) in [5.41, 5.74) is 3.84. The third-order valence-electron chi connectivity index (χ3n) is 4.40. The summed E-state index contributed by atoms with van der Waals surface area (Å²) < 4.78 is 5.27. The Morgan fingerprint density at radius 1 is 1.07 bits per heavy atom. The van der Waals surface area contributed by atoms with Crippen LogP contribution < -0.4 is 10.1 Å². The van der Waals surface area contributed by atoms with Crippen molar-refractivity contribution in [2.45, 2.75) is 13.0 Å². The number of ether oxygens (including phenoxy) is 1. The maximum atomic E-state index is 6.43. The van der Waals surface area contributed by atoms with E-state index in [4.69, 9.17) is 27.9 Å². The molecule has 0 aliphatic rings. The molecule has 4 aromatic heterocycles. The Labute approximate surface area is 171 Å². The summed E-state index contributed by atoms with van der Waals surface area (Å²) in [7, 11) is 1.63. The molecule has 0 fully saturated rings. The van der Waals surface area contributed by atoms with Gasteiger partial charge in [0.15, 0.2) is 0 Å².